The highest BCUT2D eigenvalue weighted by molar-refractivity contribution is 9.10. The lowest BCUT2D eigenvalue weighted by Crippen LogP contribution is -2.38. The third kappa shape index (κ3) is 4.62. The third-order valence-corrected chi connectivity index (χ3v) is 7.95. The molecule has 0 unspecified atom stereocenters. The Bertz CT molecular complexity index is 1150. The Morgan fingerprint density at radius 1 is 1.12 bits per heavy atom. The molecule has 0 aliphatic carbocycles. The quantitative estimate of drug-likeness (QED) is 0.343. The summed E-state index contributed by atoms with van der Waals surface area (Å²) in [6.07, 6.45) is 1.69. The monoisotopic (exact) mass is 554 g/mol. The second-order valence-corrected chi connectivity index (χ2v) is 9.98. The number of benzene rings is 2. The van der Waals surface area contributed by atoms with Gasteiger partial charge in [0.25, 0.3) is 5.91 Å². The summed E-state index contributed by atoms with van der Waals surface area (Å²) in [6, 6.07) is 9.13. The van der Waals surface area contributed by atoms with Gasteiger partial charge in [-0.15, -0.1) is 11.3 Å². The van der Waals surface area contributed by atoms with E-state index in [2.05, 4.69) is 15.9 Å². The summed E-state index contributed by atoms with van der Waals surface area (Å²) in [4.78, 5) is 20.0. The molecule has 1 saturated heterocycles. The van der Waals surface area contributed by atoms with Crippen LogP contribution in [0.4, 0.5) is 0 Å². The van der Waals surface area contributed by atoms with Crippen LogP contribution in [0.5, 0.6) is 11.5 Å². The molecule has 1 aliphatic rings. The van der Waals surface area contributed by atoms with E-state index >= 15 is 0 Å². The van der Waals surface area contributed by atoms with Crippen LogP contribution in [-0.2, 0) is 0 Å². The van der Waals surface area contributed by atoms with Gasteiger partial charge in [0, 0.05) is 30.0 Å². The standard InChI is InChI=1S/C23H21BrCl2N2O3S/c1-30-19-6-4-15(24)21(31-2)20(19)23(29)28-9-7-13(8-10-28)22-27-18(12-32-22)14-3-5-16(25)17(26)11-14/h3-6,11-13H,7-10H2,1-2H3. The lowest BCUT2D eigenvalue weighted by molar-refractivity contribution is 0.0706. The van der Waals surface area contributed by atoms with Crippen molar-refractivity contribution in [2.75, 3.05) is 27.3 Å². The van der Waals surface area contributed by atoms with Gasteiger partial charge in [-0.05, 0) is 53.0 Å². The first kappa shape index (κ1) is 23.4. The summed E-state index contributed by atoms with van der Waals surface area (Å²) in [6.45, 7) is 1.29. The first-order chi connectivity index (χ1) is 15.4. The Hall–Kier alpha value is -1.80. The van der Waals surface area contributed by atoms with E-state index in [1.54, 1.807) is 37.7 Å². The lowest BCUT2D eigenvalue weighted by Gasteiger charge is -2.32. The van der Waals surface area contributed by atoms with E-state index in [1.165, 1.54) is 0 Å². The Morgan fingerprint density at radius 2 is 1.88 bits per heavy atom. The number of amides is 1. The maximum atomic E-state index is 13.3. The molecule has 168 valence electrons. The van der Waals surface area contributed by atoms with Crippen molar-refractivity contribution in [1.82, 2.24) is 9.88 Å². The van der Waals surface area contributed by atoms with Crippen molar-refractivity contribution >= 4 is 56.4 Å². The van der Waals surface area contributed by atoms with Crippen LogP contribution >= 0.6 is 50.5 Å². The van der Waals surface area contributed by atoms with E-state index < -0.39 is 0 Å². The minimum Gasteiger partial charge on any atom is -0.496 e. The van der Waals surface area contributed by atoms with Crippen molar-refractivity contribution in [2.45, 2.75) is 18.8 Å². The summed E-state index contributed by atoms with van der Waals surface area (Å²) in [5.41, 5.74) is 2.29. The van der Waals surface area contributed by atoms with E-state index in [1.807, 2.05) is 28.5 Å². The Kier molecular flexibility index (Phi) is 7.30. The largest absolute Gasteiger partial charge is 0.496 e. The second-order valence-electron chi connectivity index (χ2n) is 7.42. The minimum absolute atomic E-state index is 0.0888. The van der Waals surface area contributed by atoms with Gasteiger partial charge in [0.2, 0.25) is 0 Å². The number of rotatable bonds is 5. The average molecular weight is 556 g/mol. The number of methoxy groups -OCH3 is 2. The van der Waals surface area contributed by atoms with Gasteiger partial charge >= 0.3 is 0 Å². The number of aromatic nitrogens is 1. The number of hydrogen-bond acceptors (Lipinski definition) is 5. The van der Waals surface area contributed by atoms with Crippen molar-refractivity contribution in [2.24, 2.45) is 0 Å². The molecular formula is C23H21BrCl2N2O3S. The minimum atomic E-state index is -0.0888. The van der Waals surface area contributed by atoms with Gasteiger partial charge in [0.05, 0.1) is 39.4 Å². The summed E-state index contributed by atoms with van der Waals surface area (Å²) >= 11 is 17.3. The molecular weight excluding hydrogens is 535 g/mol. The van der Waals surface area contributed by atoms with Gasteiger partial charge in [-0.1, -0.05) is 29.3 Å². The van der Waals surface area contributed by atoms with Crippen LogP contribution < -0.4 is 9.47 Å². The van der Waals surface area contributed by atoms with E-state index in [9.17, 15) is 4.79 Å². The molecule has 1 fully saturated rings. The van der Waals surface area contributed by atoms with Crippen LogP contribution in [0.3, 0.4) is 0 Å². The Labute approximate surface area is 209 Å². The molecule has 0 saturated carbocycles. The molecule has 3 aromatic rings. The van der Waals surface area contributed by atoms with Crippen LogP contribution in [0.2, 0.25) is 10.0 Å². The molecule has 0 atom stereocenters. The predicted octanol–water partition coefficient (Wildman–Crippen LogP) is 6.92. The highest BCUT2D eigenvalue weighted by Crippen LogP contribution is 2.39. The van der Waals surface area contributed by atoms with Gasteiger partial charge < -0.3 is 14.4 Å². The number of nitrogens with zero attached hydrogens (tertiary/aromatic N) is 2. The smallest absolute Gasteiger partial charge is 0.261 e. The van der Waals surface area contributed by atoms with Crippen LogP contribution in [-0.4, -0.2) is 43.1 Å². The SMILES string of the molecule is COc1ccc(Br)c(OC)c1C(=O)N1CCC(c2nc(-c3ccc(Cl)c(Cl)c3)cs2)CC1. The van der Waals surface area contributed by atoms with Gasteiger partial charge in [-0.3, -0.25) is 4.79 Å². The molecule has 9 heteroatoms. The number of carbonyl (C=O) groups excluding carboxylic acids is 1. The number of likely N-dealkylation sites (tertiary alicyclic amines) is 1. The summed E-state index contributed by atoms with van der Waals surface area (Å²) in [5, 5.41) is 4.17. The van der Waals surface area contributed by atoms with Crippen molar-refractivity contribution < 1.29 is 14.3 Å². The lowest BCUT2D eigenvalue weighted by atomic mass is 9.96. The van der Waals surface area contributed by atoms with Crippen LogP contribution in [0.25, 0.3) is 11.3 Å². The molecule has 0 spiro atoms. The van der Waals surface area contributed by atoms with Crippen LogP contribution in [0.1, 0.15) is 34.1 Å². The Morgan fingerprint density at radius 3 is 2.53 bits per heavy atom. The molecule has 0 radical (unpaired) electrons. The van der Waals surface area contributed by atoms with E-state index in [0.29, 0.717) is 46.1 Å². The fourth-order valence-electron chi connectivity index (χ4n) is 3.86. The van der Waals surface area contributed by atoms with E-state index in [4.69, 9.17) is 37.7 Å². The predicted molar refractivity (Wildman–Crippen MR) is 133 cm³/mol. The molecule has 2 aromatic carbocycles. The van der Waals surface area contributed by atoms with Crippen molar-refractivity contribution in [3.05, 3.63) is 60.8 Å². The number of hydrogen-bond donors (Lipinski definition) is 0. The van der Waals surface area contributed by atoms with Crippen molar-refractivity contribution in [1.29, 1.82) is 0 Å². The Balaban J connectivity index is 1.47. The van der Waals surface area contributed by atoms with Crippen molar-refractivity contribution in [3.8, 4) is 22.8 Å². The van der Waals surface area contributed by atoms with Crippen LogP contribution in [0.15, 0.2) is 40.2 Å². The normalized spacial score (nSPS) is 14.5. The topological polar surface area (TPSA) is 51.7 Å². The number of halogens is 3. The summed E-state index contributed by atoms with van der Waals surface area (Å²) in [5.74, 6) is 1.21. The maximum absolute atomic E-state index is 13.3. The maximum Gasteiger partial charge on any atom is 0.261 e. The van der Waals surface area contributed by atoms with Crippen molar-refractivity contribution in [3.63, 3.8) is 0 Å². The molecule has 32 heavy (non-hydrogen) atoms. The first-order valence-electron chi connectivity index (χ1n) is 10.0. The average Bonchev–Trinajstić information content (AvgIpc) is 3.30. The first-order valence-corrected chi connectivity index (χ1v) is 12.5. The molecule has 0 N–H and O–H groups in total. The van der Waals surface area contributed by atoms with E-state index in [-0.39, 0.29) is 5.91 Å². The molecule has 2 heterocycles. The highest BCUT2D eigenvalue weighted by Gasteiger charge is 2.30. The number of carbonyl (C=O) groups is 1. The fourth-order valence-corrected chi connectivity index (χ4v) is 5.65. The number of ether oxygens (including phenoxy) is 2. The zero-order chi connectivity index (χ0) is 22.8. The summed E-state index contributed by atoms with van der Waals surface area (Å²) in [7, 11) is 3.11. The van der Waals surface area contributed by atoms with Gasteiger partial charge in [0.15, 0.2) is 0 Å². The number of thiazole rings is 1. The molecule has 4 rings (SSSR count). The molecule has 0 bridgehead atoms. The molecule has 5 nitrogen and oxygen atoms in total. The fraction of sp³-hybridized carbons (Fsp3) is 0.304. The van der Waals surface area contributed by atoms with Crippen LogP contribution in [0, 0.1) is 0 Å². The zero-order valence-corrected chi connectivity index (χ0v) is 21.4. The number of piperidine rings is 1. The van der Waals surface area contributed by atoms with Gasteiger partial charge in [-0.25, -0.2) is 4.98 Å². The van der Waals surface area contributed by atoms with E-state index in [0.717, 1.165) is 33.6 Å². The van der Waals surface area contributed by atoms with Gasteiger partial charge in [-0.2, -0.15) is 0 Å². The highest BCUT2D eigenvalue weighted by atomic mass is 79.9. The zero-order valence-electron chi connectivity index (χ0n) is 17.5. The molecule has 1 amide bonds. The summed E-state index contributed by atoms with van der Waals surface area (Å²) < 4.78 is 11.6. The van der Waals surface area contributed by atoms with Gasteiger partial charge in [0.1, 0.15) is 17.1 Å². The molecule has 1 aromatic heterocycles. The molecule has 1 aliphatic heterocycles. The second kappa shape index (κ2) is 10.00. The third-order valence-electron chi connectivity index (χ3n) is 5.58.